The van der Waals surface area contributed by atoms with Crippen LogP contribution < -0.4 is 0 Å². The van der Waals surface area contributed by atoms with Crippen molar-refractivity contribution in [1.29, 1.82) is 0 Å². The Bertz CT molecular complexity index is 857. The summed E-state index contributed by atoms with van der Waals surface area (Å²) in [6, 6.07) is 11.7. The third-order valence-corrected chi connectivity index (χ3v) is 5.04. The van der Waals surface area contributed by atoms with Crippen molar-refractivity contribution in [2.24, 2.45) is 0 Å². The number of hydrogen-bond donors (Lipinski definition) is 0. The second kappa shape index (κ2) is 6.57. The smallest absolute Gasteiger partial charge is 0.338 e. The summed E-state index contributed by atoms with van der Waals surface area (Å²) in [5.74, 6) is -0.934. The van der Waals surface area contributed by atoms with Crippen molar-refractivity contribution in [3.8, 4) is 0 Å². The lowest BCUT2D eigenvalue weighted by molar-refractivity contribution is -0.136. The van der Waals surface area contributed by atoms with Crippen LogP contribution in [-0.2, 0) is 14.3 Å². The molecule has 1 atom stereocenters. The van der Waals surface area contributed by atoms with E-state index in [1.54, 1.807) is 6.08 Å². The van der Waals surface area contributed by atoms with E-state index in [-0.39, 0.29) is 5.78 Å². The Hall–Kier alpha value is -2.46. The molecule has 4 heteroatoms. The lowest BCUT2D eigenvalue weighted by Crippen LogP contribution is -2.10. The van der Waals surface area contributed by atoms with Crippen molar-refractivity contribution in [1.82, 2.24) is 0 Å². The monoisotopic (exact) mass is 338 g/mol. The topological polar surface area (TPSA) is 43.4 Å². The van der Waals surface area contributed by atoms with Gasteiger partial charge in [0.25, 0.3) is 0 Å². The van der Waals surface area contributed by atoms with Crippen LogP contribution in [0.3, 0.4) is 0 Å². The van der Waals surface area contributed by atoms with Crippen LogP contribution in [0.2, 0.25) is 0 Å². The van der Waals surface area contributed by atoms with Gasteiger partial charge in [-0.05, 0) is 42.5 Å². The number of allylic oxidation sites excluding steroid dienone is 1. The molecule has 0 bridgehead atoms. The largest absolute Gasteiger partial charge is 0.465 e. The molecule has 2 aromatic rings. The number of thiophene rings is 1. The zero-order valence-corrected chi connectivity index (χ0v) is 14.6. The third kappa shape index (κ3) is 2.85. The summed E-state index contributed by atoms with van der Waals surface area (Å²) in [4.78, 5) is 26.3. The maximum Gasteiger partial charge on any atom is 0.338 e. The van der Waals surface area contributed by atoms with Gasteiger partial charge in [-0.25, -0.2) is 4.79 Å². The van der Waals surface area contributed by atoms with Crippen LogP contribution in [0.1, 0.15) is 28.8 Å². The Morgan fingerprint density at radius 1 is 1.21 bits per heavy atom. The van der Waals surface area contributed by atoms with Crippen LogP contribution in [0.25, 0.3) is 6.08 Å². The molecule has 1 aliphatic carbocycles. The lowest BCUT2D eigenvalue weighted by atomic mass is 9.91. The van der Waals surface area contributed by atoms with Gasteiger partial charge in [0, 0.05) is 10.5 Å². The van der Waals surface area contributed by atoms with Gasteiger partial charge in [-0.1, -0.05) is 35.9 Å². The summed E-state index contributed by atoms with van der Waals surface area (Å²) in [6.45, 7) is 3.83. The summed E-state index contributed by atoms with van der Waals surface area (Å²) >= 11 is 1.53. The number of hydrogen-bond acceptors (Lipinski definition) is 4. The molecule has 122 valence electrons. The van der Waals surface area contributed by atoms with E-state index in [4.69, 9.17) is 4.74 Å². The van der Waals surface area contributed by atoms with Gasteiger partial charge >= 0.3 is 5.97 Å². The number of methoxy groups -OCH3 is 1. The van der Waals surface area contributed by atoms with Crippen LogP contribution in [0.15, 0.2) is 58.5 Å². The number of Topliss-reactive ketones (excluding diaryl/α,β-unsaturated/α-hetero) is 1. The van der Waals surface area contributed by atoms with E-state index >= 15 is 0 Å². The fraction of sp³-hybridized carbons (Fsp3) is 0.200. The predicted molar refractivity (Wildman–Crippen MR) is 95.9 cm³/mol. The molecule has 0 saturated carbocycles. The fourth-order valence-electron chi connectivity index (χ4n) is 3.12. The van der Waals surface area contributed by atoms with Gasteiger partial charge in [-0.15, -0.1) is 11.3 Å². The number of carbonyl (C=O) groups is 2. The van der Waals surface area contributed by atoms with Gasteiger partial charge in [0.15, 0.2) is 5.78 Å². The lowest BCUT2D eigenvalue weighted by Gasteiger charge is -2.11. The van der Waals surface area contributed by atoms with Gasteiger partial charge in [-0.2, -0.15) is 0 Å². The zero-order chi connectivity index (χ0) is 17.3. The molecule has 1 unspecified atom stereocenters. The molecule has 3 rings (SSSR count). The minimum atomic E-state index is -0.459. The number of rotatable bonds is 3. The molecule has 0 amide bonds. The van der Waals surface area contributed by atoms with Crippen molar-refractivity contribution < 1.29 is 14.3 Å². The minimum Gasteiger partial charge on any atom is -0.465 e. The highest BCUT2D eigenvalue weighted by molar-refractivity contribution is 7.10. The molecule has 0 saturated heterocycles. The summed E-state index contributed by atoms with van der Waals surface area (Å²) in [6.07, 6.45) is 1.79. The average Bonchev–Trinajstić information content (AvgIpc) is 3.14. The first-order valence-corrected chi connectivity index (χ1v) is 8.56. The van der Waals surface area contributed by atoms with Gasteiger partial charge in [0.2, 0.25) is 0 Å². The second-order valence-electron chi connectivity index (χ2n) is 5.83. The van der Waals surface area contributed by atoms with E-state index in [9.17, 15) is 9.59 Å². The van der Waals surface area contributed by atoms with Crippen LogP contribution in [-0.4, -0.2) is 18.9 Å². The van der Waals surface area contributed by atoms with Crippen LogP contribution in [0.5, 0.6) is 0 Å². The van der Waals surface area contributed by atoms with E-state index in [1.165, 1.54) is 18.4 Å². The second-order valence-corrected chi connectivity index (χ2v) is 6.81. The molecule has 1 heterocycles. The average molecular weight is 338 g/mol. The highest BCUT2D eigenvalue weighted by Crippen LogP contribution is 2.41. The molecular weight excluding hydrogens is 320 g/mol. The summed E-state index contributed by atoms with van der Waals surface area (Å²) < 4.78 is 4.92. The molecule has 0 spiro atoms. The molecule has 3 nitrogen and oxygen atoms in total. The summed E-state index contributed by atoms with van der Waals surface area (Å²) in [5.41, 5.74) is 3.58. The van der Waals surface area contributed by atoms with Crippen molar-refractivity contribution in [3.05, 3.63) is 74.5 Å². The third-order valence-electron chi connectivity index (χ3n) is 4.22. The van der Waals surface area contributed by atoms with E-state index in [2.05, 4.69) is 0 Å². The van der Waals surface area contributed by atoms with E-state index in [0.717, 1.165) is 21.6 Å². The number of aryl methyl sites for hydroxylation is 1. The standard InChI is InChI=1S/C20H18O3S/c1-12-6-4-7-14(10-12)17-13(2)18(20(22)23-3)16(19(17)21)11-15-8-5-9-24-15/h4-11,17H,1-3H3/b16-11-. The predicted octanol–water partition coefficient (Wildman–Crippen LogP) is 4.30. The first-order valence-electron chi connectivity index (χ1n) is 7.68. The molecule has 1 aliphatic rings. The van der Waals surface area contributed by atoms with Gasteiger partial charge in [-0.3, -0.25) is 4.79 Å². The van der Waals surface area contributed by atoms with Gasteiger partial charge in [0.1, 0.15) is 0 Å². The molecule has 1 aromatic heterocycles. The SMILES string of the molecule is COC(=O)C1=C(C)C(c2cccc(C)c2)C(=O)/C1=C\c1cccs1. The number of carbonyl (C=O) groups excluding carboxylic acids is 2. The van der Waals surface area contributed by atoms with Crippen molar-refractivity contribution in [3.63, 3.8) is 0 Å². The molecule has 0 fully saturated rings. The normalized spacial score (nSPS) is 19.2. The molecule has 0 radical (unpaired) electrons. The van der Waals surface area contributed by atoms with Gasteiger partial charge in [0.05, 0.1) is 18.6 Å². The molecular formula is C20H18O3S. The molecule has 24 heavy (non-hydrogen) atoms. The molecule has 1 aromatic carbocycles. The Morgan fingerprint density at radius 3 is 2.62 bits per heavy atom. The van der Waals surface area contributed by atoms with Gasteiger partial charge < -0.3 is 4.74 Å². The Morgan fingerprint density at radius 2 is 2.00 bits per heavy atom. The van der Waals surface area contributed by atoms with Crippen molar-refractivity contribution in [2.45, 2.75) is 19.8 Å². The first kappa shape index (κ1) is 16.4. The number of esters is 1. The molecule has 0 aliphatic heterocycles. The molecule has 0 N–H and O–H groups in total. The summed E-state index contributed by atoms with van der Waals surface area (Å²) in [5, 5.41) is 1.94. The highest BCUT2D eigenvalue weighted by Gasteiger charge is 2.39. The van der Waals surface area contributed by atoms with Crippen molar-refractivity contribution >= 4 is 29.2 Å². The summed E-state index contributed by atoms with van der Waals surface area (Å²) in [7, 11) is 1.34. The Labute approximate surface area is 145 Å². The maximum atomic E-state index is 13.1. The van der Waals surface area contributed by atoms with E-state index in [1.807, 2.05) is 55.6 Å². The van der Waals surface area contributed by atoms with E-state index in [0.29, 0.717) is 11.1 Å². The highest BCUT2D eigenvalue weighted by atomic mass is 32.1. The number of benzene rings is 1. The first-order chi connectivity index (χ1) is 11.5. The minimum absolute atomic E-state index is 0.0492. The van der Waals surface area contributed by atoms with E-state index < -0.39 is 11.9 Å². The zero-order valence-electron chi connectivity index (χ0n) is 13.8. The fourth-order valence-corrected chi connectivity index (χ4v) is 3.77. The van der Waals surface area contributed by atoms with Crippen LogP contribution in [0, 0.1) is 6.92 Å². The van der Waals surface area contributed by atoms with Crippen LogP contribution >= 0.6 is 11.3 Å². The van der Waals surface area contributed by atoms with Crippen molar-refractivity contribution in [2.75, 3.05) is 7.11 Å². The Balaban J connectivity index is 2.15. The number of ether oxygens (including phenoxy) is 1. The number of ketones is 1. The maximum absolute atomic E-state index is 13.1. The quantitative estimate of drug-likeness (QED) is 0.619. The Kier molecular flexibility index (Phi) is 4.49. The van der Waals surface area contributed by atoms with Crippen LogP contribution in [0.4, 0.5) is 0 Å².